The van der Waals surface area contributed by atoms with Crippen molar-refractivity contribution in [1.29, 1.82) is 0 Å². The maximum absolute atomic E-state index is 10.2. The summed E-state index contributed by atoms with van der Waals surface area (Å²) in [4.78, 5) is 10.2. The summed E-state index contributed by atoms with van der Waals surface area (Å²) in [5.41, 5.74) is 0. The first-order chi connectivity index (χ1) is 3.81. The van der Waals surface area contributed by atoms with E-state index in [1.54, 1.807) is 0 Å². The molecular formula is C4H8BrNO2. The molecular weight excluding hydrogens is 174 g/mol. The van der Waals surface area contributed by atoms with Gasteiger partial charge in [0.05, 0.1) is 0 Å². The van der Waals surface area contributed by atoms with Gasteiger partial charge in [0.1, 0.15) is 6.61 Å². The van der Waals surface area contributed by atoms with Gasteiger partial charge in [0.2, 0.25) is 5.91 Å². The molecule has 0 aromatic heterocycles. The minimum Gasteiger partial charge on any atom is -0.387 e. The molecule has 48 valence electrons. The van der Waals surface area contributed by atoms with E-state index in [9.17, 15) is 4.79 Å². The highest BCUT2D eigenvalue weighted by Gasteiger charge is 1.92. The molecule has 0 bridgehead atoms. The van der Waals surface area contributed by atoms with E-state index >= 15 is 0 Å². The van der Waals surface area contributed by atoms with Crippen molar-refractivity contribution in [2.75, 3.05) is 18.5 Å². The van der Waals surface area contributed by atoms with Crippen molar-refractivity contribution in [2.24, 2.45) is 0 Å². The Labute approximate surface area is 56.2 Å². The molecule has 0 aromatic rings. The second kappa shape index (κ2) is 5.05. The Morgan fingerprint density at radius 3 is 2.75 bits per heavy atom. The van der Waals surface area contributed by atoms with Gasteiger partial charge in [-0.3, -0.25) is 4.79 Å². The van der Waals surface area contributed by atoms with Gasteiger partial charge in [0.15, 0.2) is 0 Å². The summed E-state index contributed by atoms with van der Waals surface area (Å²) in [5.74, 6) is -0.329. The predicted octanol–water partition coefficient (Wildman–Crippen LogP) is -0.510. The summed E-state index contributed by atoms with van der Waals surface area (Å²) in [6, 6.07) is 0. The molecule has 0 spiro atoms. The van der Waals surface area contributed by atoms with Crippen LogP contribution in [0.1, 0.15) is 0 Å². The van der Waals surface area contributed by atoms with Crippen LogP contribution in [0.2, 0.25) is 0 Å². The third kappa shape index (κ3) is 4.08. The number of rotatable bonds is 3. The zero-order valence-corrected chi connectivity index (χ0v) is 5.94. The number of carbonyl (C=O) groups excluding carboxylic acids is 1. The molecule has 0 heterocycles. The summed E-state index contributed by atoms with van der Waals surface area (Å²) in [6.07, 6.45) is 0. The lowest BCUT2D eigenvalue weighted by Crippen LogP contribution is -2.27. The number of aliphatic hydroxyl groups is 1. The van der Waals surface area contributed by atoms with Crippen LogP contribution in [0.5, 0.6) is 0 Å². The van der Waals surface area contributed by atoms with Gasteiger partial charge >= 0.3 is 0 Å². The zero-order valence-electron chi connectivity index (χ0n) is 4.35. The molecule has 2 N–H and O–H groups in total. The smallest absolute Gasteiger partial charge is 0.245 e. The molecule has 0 unspecified atom stereocenters. The Morgan fingerprint density at radius 2 is 2.38 bits per heavy atom. The van der Waals surface area contributed by atoms with Gasteiger partial charge in [0, 0.05) is 11.9 Å². The molecule has 0 saturated carbocycles. The van der Waals surface area contributed by atoms with E-state index < -0.39 is 6.61 Å². The lowest BCUT2D eigenvalue weighted by molar-refractivity contribution is -0.123. The van der Waals surface area contributed by atoms with Crippen molar-refractivity contribution < 1.29 is 9.90 Å². The lowest BCUT2D eigenvalue weighted by Gasteiger charge is -1.95. The number of amides is 1. The van der Waals surface area contributed by atoms with Gasteiger partial charge in [-0.05, 0) is 0 Å². The number of nitrogens with one attached hydrogen (secondary N) is 1. The monoisotopic (exact) mass is 181 g/mol. The number of carbonyl (C=O) groups is 1. The predicted molar refractivity (Wildman–Crippen MR) is 33.9 cm³/mol. The van der Waals surface area contributed by atoms with Gasteiger partial charge in [0.25, 0.3) is 0 Å². The first-order valence-corrected chi connectivity index (χ1v) is 3.37. The zero-order chi connectivity index (χ0) is 6.41. The van der Waals surface area contributed by atoms with E-state index in [2.05, 4.69) is 21.2 Å². The van der Waals surface area contributed by atoms with E-state index in [0.717, 1.165) is 5.33 Å². The quantitative estimate of drug-likeness (QED) is 0.577. The molecule has 0 fully saturated rings. The number of hydrogen-bond acceptors (Lipinski definition) is 2. The summed E-state index contributed by atoms with van der Waals surface area (Å²) >= 11 is 3.11. The second-order valence-electron chi connectivity index (χ2n) is 1.20. The number of hydrogen-bond donors (Lipinski definition) is 2. The van der Waals surface area contributed by atoms with Crippen LogP contribution in [0.15, 0.2) is 0 Å². The average Bonchev–Trinajstić information content (AvgIpc) is 1.83. The summed E-state index contributed by atoms with van der Waals surface area (Å²) < 4.78 is 0. The fourth-order valence-electron chi connectivity index (χ4n) is 0.243. The Bertz CT molecular complexity index is 76.4. The van der Waals surface area contributed by atoms with Crippen LogP contribution in [-0.2, 0) is 4.79 Å². The Hall–Kier alpha value is -0.0900. The lowest BCUT2D eigenvalue weighted by atomic mass is 10.6. The second-order valence-corrected chi connectivity index (χ2v) is 1.99. The number of alkyl halides is 1. The topological polar surface area (TPSA) is 49.3 Å². The molecule has 0 aliphatic rings. The highest BCUT2D eigenvalue weighted by atomic mass is 79.9. The van der Waals surface area contributed by atoms with E-state index in [1.165, 1.54) is 0 Å². The molecule has 0 saturated heterocycles. The Balaban J connectivity index is 2.99. The molecule has 4 heteroatoms. The SMILES string of the molecule is O=C(CO)NCCBr. The Morgan fingerprint density at radius 1 is 1.75 bits per heavy atom. The third-order valence-corrected chi connectivity index (χ3v) is 0.957. The fourth-order valence-corrected chi connectivity index (χ4v) is 0.441. The minimum absolute atomic E-state index is 0.329. The van der Waals surface area contributed by atoms with Crippen LogP contribution in [0.4, 0.5) is 0 Å². The summed E-state index contributed by atoms with van der Waals surface area (Å²) in [6.45, 7) is 0.145. The summed E-state index contributed by atoms with van der Waals surface area (Å²) in [5, 5.41) is 11.3. The largest absolute Gasteiger partial charge is 0.387 e. The van der Waals surface area contributed by atoms with Gasteiger partial charge < -0.3 is 10.4 Å². The van der Waals surface area contributed by atoms with E-state index in [4.69, 9.17) is 5.11 Å². The van der Waals surface area contributed by atoms with Crippen LogP contribution in [0, 0.1) is 0 Å². The first-order valence-electron chi connectivity index (χ1n) is 2.24. The fraction of sp³-hybridized carbons (Fsp3) is 0.750. The molecule has 0 rings (SSSR count). The standard InChI is InChI=1S/C4H8BrNO2/c5-1-2-6-4(8)3-7/h7H,1-3H2,(H,6,8). The third-order valence-electron chi connectivity index (χ3n) is 0.560. The van der Waals surface area contributed by atoms with Crippen molar-refractivity contribution >= 4 is 21.8 Å². The minimum atomic E-state index is -0.424. The molecule has 0 radical (unpaired) electrons. The van der Waals surface area contributed by atoms with Crippen molar-refractivity contribution in [3.63, 3.8) is 0 Å². The van der Waals surface area contributed by atoms with Gasteiger partial charge in [-0.25, -0.2) is 0 Å². The van der Waals surface area contributed by atoms with Crippen LogP contribution in [-0.4, -0.2) is 29.5 Å². The average molecular weight is 182 g/mol. The van der Waals surface area contributed by atoms with Crippen molar-refractivity contribution in [3.8, 4) is 0 Å². The first kappa shape index (κ1) is 7.91. The van der Waals surface area contributed by atoms with Crippen molar-refractivity contribution in [2.45, 2.75) is 0 Å². The molecule has 0 aromatic carbocycles. The molecule has 1 amide bonds. The van der Waals surface area contributed by atoms with E-state index in [-0.39, 0.29) is 5.91 Å². The van der Waals surface area contributed by atoms with Crippen LogP contribution in [0.3, 0.4) is 0 Å². The molecule has 0 aliphatic carbocycles. The van der Waals surface area contributed by atoms with Gasteiger partial charge in [-0.1, -0.05) is 15.9 Å². The van der Waals surface area contributed by atoms with Gasteiger partial charge in [-0.2, -0.15) is 0 Å². The molecule has 3 nitrogen and oxygen atoms in total. The van der Waals surface area contributed by atoms with E-state index in [0.29, 0.717) is 6.54 Å². The summed E-state index contributed by atoms with van der Waals surface area (Å²) in [7, 11) is 0. The van der Waals surface area contributed by atoms with Crippen LogP contribution < -0.4 is 5.32 Å². The normalized spacial score (nSPS) is 8.75. The van der Waals surface area contributed by atoms with Gasteiger partial charge in [-0.15, -0.1) is 0 Å². The molecule has 8 heavy (non-hydrogen) atoms. The number of aliphatic hydroxyl groups excluding tert-OH is 1. The van der Waals surface area contributed by atoms with Crippen LogP contribution >= 0.6 is 15.9 Å². The number of halogens is 1. The maximum atomic E-state index is 10.2. The highest BCUT2D eigenvalue weighted by molar-refractivity contribution is 9.09. The van der Waals surface area contributed by atoms with Crippen molar-refractivity contribution in [1.82, 2.24) is 5.32 Å². The molecule has 0 atom stereocenters. The maximum Gasteiger partial charge on any atom is 0.245 e. The van der Waals surface area contributed by atoms with Crippen LogP contribution in [0.25, 0.3) is 0 Å². The van der Waals surface area contributed by atoms with E-state index in [1.807, 2.05) is 0 Å². The van der Waals surface area contributed by atoms with Crippen molar-refractivity contribution in [3.05, 3.63) is 0 Å². The molecule has 0 aliphatic heterocycles. The highest BCUT2D eigenvalue weighted by Crippen LogP contribution is 1.73. The Kier molecular flexibility index (Phi) is 5.00.